The molecule has 1 atom stereocenters. The van der Waals surface area contributed by atoms with Gasteiger partial charge in [-0.15, -0.1) is 0 Å². The Bertz CT molecular complexity index is 468. The number of primary amides is 1. The minimum atomic E-state index is -0.793. The van der Waals surface area contributed by atoms with Crippen molar-refractivity contribution in [1.29, 1.82) is 0 Å². The topological polar surface area (TPSA) is 98.5 Å². The predicted octanol–water partition coefficient (Wildman–Crippen LogP) is 5.56. The van der Waals surface area contributed by atoms with Crippen LogP contribution < -0.4 is 11.1 Å². The molecule has 0 aromatic rings. The molecule has 0 aromatic carbocycles. The zero-order valence-electron chi connectivity index (χ0n) is 20.2. The van der Waals surface area contributed by atoms with Crippen LogP contribution in [0.25, 0.3) is 0 Å². The van der Waals surface area contributed by atoms with E-state index in [1.807, 2.05) is 0 Å². The Labute approximate surface area is 190 Å². The molecule has 0 aliphatic carbocycles. The molecule has 0 saturated heterocycles. The van der Waals surface area contributed by atoms with Gasteiger partial charge in [-0.25, -0.2) is 4.79 Å². The molecule has 6 heteroatoms. The van der Waals surface area contributed by atoms with Crippen LogP contribution in [0.2, 0.25) is 0 Å². The highest BCUT2D eigenvalue weighted by Gasteiger charge is 2.22. The molecule has 3 N–H and O–H groups in total. The van der Waals surface area contributed by atoms with Crippen LogP contribution >= 0.6 is 0 Å². The molecule has 0 radical (unpaired) electrons. The smallest absolute Gasteiger partial charge is 0.328 e. The van der Waals surface area contributed by atoms with Crippen molar-refractivity contribution in [3.63, 3.8) is 0 Å². The van der Waals surface area contributed by atoms with E-state index >= 15 is 0 Å². The molecule has 31 heavy (non-hydrogen) atoms. The van der Waals surface area contributed by atoms with Crippen LogP contribution in [-0.2, 0) is 19.1 Å². The fourth-order valence-corrected chi connectivity index (χ4v) is 3.55. The van der Waals surface area contributed by atoms with Gasteiger partial charge < -0.3 is 15.8 Å². The highest BCUT2D eigenvalue weighted by Crippen LogP contribution is 2.11. The summed E-state index contributed by atoms with van der Waals surface area (Å²) < 4.78 is 5.34. The largest absolute Gasteiger partial charge is 0.464 e. The van der Waals surface area contributed by atoms with E-state index in [4.69, 9.17) is 10.5 Å². The summed E-state index contributed by atoms with van der Waals surface area (Å²) in [6.07, 6.45) is 18.0. The van der Waals surface area contributed by atoms with Gasteiger partial charge in [-0.3, -0.25) is 9.59 Å². The van der Waals surface area contributed by atoms with Gasteiger partial charge in [0.15, 0.2) is 0 Å². The van der Waals surface area contributed by atoms with Crippen LogP contribution in [0.4, 0.5) is 0 Å². The molecule has 0 saturated carbocycles. The van der Waals surface area contributed by atoms with Crippen molar-refractivity contribution in [2.45, 2.75) is 135 Å². The van der Waals surface area contributed by atoms with Crippen LogP contribution in [0, 0.1) is 0 Å². The minimum absolute atomic E-state index is 0.0507. The van der Waals surface area contributed by atoms with Crippen molar-refractivity contribution in [1.82, 2.24) is 5.32 Å². The van der Waals surface area contributed by atoms with Crippen LogP contribution in [0.15, 0.2) is 0 Å². The predicted molar refractivity (Wildman–Crippen MR) is 127 cm³/mol. The number of unbranched alkanes of at least 4 members (excludes halogenated alkanes) is 13. The summed E-state index contributed by atoms with van der Waals surface area (Å²) in [7, 11) is 0. The molecule has 0 aromatic heterocycles. The van der Waals surface area contributed by atoms with Gasteiger partial charge in [-0.1, -0.05) is 97.3 Å². The molecule has 0 aliphatic heterocycles. The Morgan fingerprint density at radius 2 is 1.19 bits per heavy atom. The summed E-state index contributed by atoms with van der Waals surface area (Å²) in [5, 5.41) is 2.74. The first-order chi connectivity index (χ1) is 15.0. The molecule has 0 rings (SSSR count). The van der Waals surface area contributed by atoms with E-state index in [1.165, 1.54) is 57.8 Å². The molecule has 182 valence electrons. The van der Waals surface area contributed by atoms with Gasteiger partial charge in [0.05, 0.1) is 6.61 Å². The number of ether oxygens (including phenoxy) is 1. The molecular formula is C25H48N2O4. The molecule has 6 nitrogen and oxygen atoms in total. The number of nitrogens with two attached hydrogens (primary N) is 1. The van der Waals surface area contributed by atoms with Gasteiger partial charge in [0.25, 0.3) is 0 Å². The standard InChI is InChI=1S/C25H48N2O4/c1-3-5-7-9-11-12-13-14-16-18-24(29)27-22(19-20-23(26)28)25(30)31-21-17-15-10-8-6-4-2/h22H,3-21H2,1-2H3,(H2,26,28)(H,27,29)/t22-/m0/s1. The lowest BCUT2D eigenvalue weighted by Gasteiger charge is -2.17. The van der Waals surface area contributed by atoms with Gasteiger partial charge in [0.1, 0.15) is 6.04 Å². The second-order valence-corrected chi connectivity index (χ2v) is 8.64. The molecule has 0 spiro atoms. The average Bonchev–Trinajstić information content (AvgIpc) is 2.74. The van der Waals surface area contributed by atoms with Crippen molar-refractivity contribution in [3.05, 3.63) is 0 Å². The highest BCUT2D eigenvalue weighted by molar-refractivity contribution is 5.85. The van der Waals surface area contributed by atoms with Crippen molar-refractivity contribution in [3.8, 4) is 0 Å². The van der Waals surface area contributed by atoms with Crippen LogP contribution in [0.5, 0.6) is 0 Å². The first kappa shape index (κ1) is 29.4. The maximum Gasteiger partial charge on any atom is 0.328 e. The number of nitrogens with one attached hydrogen (secondary N) is 1. The molecule has 2 amide bonds. The highest BCUT2D eigenvalue weighted by atomic mass is 16.5. The SMILES string of the molecule is CCCCCCCCCCCC(=O)N[C@@H](CCC(N)=O)C(=O)OCCCCCCCC. The lowest BCUT2D eigenvalue weighted by atomic mass is 10.1. The summed E-state index contributed by atoms with van der Waals surface area (Å²) in [5.74, 6) is -1.11. The number of esters is 1. The average molecular weight is 441 g/mol. The Morgan fingerprint density at radius 3 is 1.71 bits per heavy atom. The van der Waals surface area contributed by atoms with E-state index in [-0.39, 0.29) is 18.7 Å². The fraction of sp³-hybridized carbons (Fsp3) is 0.880. The summed E-state index contributed by atoms with van der Waals surface area (Å²) in [6.45, 7) is 4.75. The summed E-state index contributed by atoms with van der Waals surface area (Å²) in [4.78, 5) is 35.7. The molecular weight excluding hydrogens is 392 g/mol. The van der Waals surface area contributed by atoms with E-state index in [1.54, 1.807) is 0 Å². The van der Waals surface area contributed by atoms with Gasteiger partial charge in [0.2, 0.25) is 11.8 Å². The van der Waals surface area contributed by atoms with Crippen molar-refractivity contribution in [2.24, 2.45) is 5.73 Å². The van der Waals surface area contributed by atoms with Crippen molar-refractivity contribution < 1.29 is 19.1 Å². The minimum Gasteiger partial charge on any atom is -0.464 e. The second kappa shape index (κ2) is 21.6. The van der Waals surface area contributed by atoms with Gasteiger partial charge in [0, 0.05) is 12.8 Å². The molecule has 0 fully saturated rings. The molecule has 0 bridgehead atoms. The lowest BCUT2D eigenvalue weighted by Crippen LogP contribution is -2.42. The van der Waals surface area contributed by atoms with Crippen LogP contribution in [0.3, 0.4) is 0 Å². The van der Waals surface area contributed by atoms with E-state index in [2.05, 4.69) is 19.2 Å². The summed E-state index contributed by atoms with van der Waals surface area (Å²) >= 11 is 0. The molecule has 0 heterocycles. The Morgan fingerprint density at radius 1 is 0.710 bits per heavy atom. The number of carbonyl (C=O) groups excluding carboxylic acids is 3. The first-order valence-electron chi connectivity index (χ1n) is 12.8. The van der Waals surface area contributed by atoms with Crippen molar-refractivity contribution >= 4 is 17.8 Å². The fourth-order valence-electron chi connectivity index (χ4n) is 3.55. The van der Waals surface area contributed by atoms with Crippen LogP contribution in [0.1, 0.15) is 129 Å². The zero-order chi connectivity index (χ0) is 23.2. The van der Waals surface area contributed by atoms with Gasteiger partial charge in [-0.05, 0) is 19.3 Å². The maximum absolute atomic E-state index is 12.4. The Balaban J connectivity index is 4.06. The van der Waals surface area contributed by atoms with E-state index in [0.29, 0.717) is 13.0 Å². The summed E-state index contributed by atoms with van der Waals surface area (Å²) in [5.41, 5.74) is 5.21. The summed E-state index contributed by atoms with van der Waals surface area (Å²) in [6, 6.07) is -0.793. The first-order valence-corrected chi connectivity index (χ1v) is 12.8. The van der Waals surface area contributed by atoms with Gasteiger partial charge in [-0.2, -0.15) is 0 Å². The Hall–Kier alpha value is -1.59. The van der Waals surface area contributed by atoms with E-state index in [9.17, 15) is 14.4 Å². The third kappa shape index (κ3) is 20.1. The third-order valence-corrected chi connectivity index (χ3v) is 5.55. The number of hydrogen-bond acceptors (Lipinski definition) is 4. The molecule has 0 aliphatic rings. The Kier molecular flexibility index (Phi) is 20.5. The van der Waals surface area contributed by atoms with E-state index in [0.717, 1.165) is 38.5 Å². The lowest BCUT2D eigenvalue weighted by molar-refractivity contribution is -0.148. The number of carbonyl (C=O) groups is 3. The van der Waals surface area contributed by atoms with Crippen molar-refractivity contribution in [2.75, 3.05) is 6.61 Å². The third-order valence-electron chi connectivity index (χ3n) is 5.55. The maximum atomic E-state index is 12.4. The quantitative estimate of drug-likeness (QED) is 0.170. The number of rotatable bonds is 22. The van der Waals surface area contributed by atoms with Gasteiger partial charge >= 0.3 is 5.97 Å². The zero-order valence-corrected chi connectivity index (χ0v) is 20.2. The molecule has 0 unspecified atom stereocenters. The van der Waals surface area contributed by atoms with E-state index < -0.39 is 17.9 Å². The number of hydrogen-bond donors (Lipinski definition) is 2. The monoisotopic (exact) mass is 440 g/mol. The van der Waals surface area contributed by atoms with Crippen LogP contribution in [-0.4, -0.2) is 30.4 Å². The normalized spacial score (nSPS) is 11.8. The number of amides is 2. The second-order valence-electron chi connectivity index (χ2n) is 8.64.